The van der Waals surface area contributed by atoms with Crippen LogP contribution >= 0.6 is 0 Å². The van der Waals surface area contributed by atoms with E-state index in [0.717, 1.165) is 24.3 Å². The van der Waals surface area contributed by atoms with Crippen molar-refractivity contribution in [3.05, 3.63) is 23.3 Å². The zero-order valence-corrected chi connectivity index (χ0v) is 10.5. The van der Waals surface area contributed by atoms with Crippen molar-refractivity contribution in [3.8, 4) is 11.5 Å². The van der Waals surface area contributed by atoms with Gasteiger partial charge in [-0.15, -0.1) is 0 Å². The van der Waals surface area contributed by atoms with Crippen LogP contribution in [0.2, 0.25) is 0 Å². The Hall–Kier alpha value is -1.22. The molecule has 1 aliphatic carbocycles. The lowest BCUT2D eigenvalue weighted by atomic mass is 9.90. The van der Waals surface area contributed by atoms with Gasteiger partial charge in [-0.1, -0.05) is 19.9 Å². The van der Waals surface area contributed by atoms with Crippen LogP contribution in [-0.4, -0.2) is 13.2 Å². The van der Waals surface area contributed by atoms with Crippen molar-refractivity contribution in [1.29, 1.82) is 0 Å². The molecule has 1 aliphatic heterocycles. The van der Waals surface area contributed by atoms with Crippen molar-refractivity contribution < 1.29 is 9.47 Å². The molecule has 3 nitrogen and oxygen atoms in total. The molecule has 0 unspecified atom stereocenters. The molecule has 3 heteroatoms. The molecule has 2 N–H and O–H groups in total. The molecule has 0 atom stereocenters. The fraction of sp³-hybridized carbons (Fsp3) is 0.571. The minimum absolute atomic E-state index is 0.116. The molecule has 0 bridgehead atoms. The first-order valence-electron chi connectivity index (χ1n) is 6.34. The van der Waals surface area contributed by atoms with Gasteiger partial charge in [0.1, 0.15) is 13.2 Å². The highest BCUT2D eigenvalue weighted by atomic mass is 16.6. The number of benzene rings is 1. The second-order valence-corrected chi connectivity index (χ2v) is 5.36. The van der Waals surface area contributed by atoms with Gasteiger partial charge in [0.15, 0.2) is 11.5 Å². The maximum absolute atomic E-state index is 6.34. The molecule has 1 heterocycles. The van der Waals surface area contributed by atoms with Crippen LogP contribution in [0.1, 0.15) is 43.7 Å². The largest absolute Gasteiger partial charge is 0.486 e. The van der Waals surface area contributed by atoms with Gasteiger partial charge in [-0.05, 0) is 30.4 Å². The van der Waals surface area contributed by atoms with Gasteiger partial charge in [-0.2, -0.15) is 0 Å². The molecule has 0 spiro atoms. The maximum atomic E-state index is 6.34. The Kier molecular flexibility index (Phi) is 2.33. The van der Waals surface area contributed by atoms with Crippen LogP contribution < -0.4 is 15.2 Å². The van der Waals surface area contributed by atoms with Crippen LogP contribution in [0.15, 0.2) is 12.1 Å². The Morgan fingerprint density at radius 2 is 1.88 bits per heavy atom. The van der Waals surface area contributed by atoms with Crippen molar-refractivity contribution in [2.24, 2.45) is 5.73 Å². The standard InChI is InChI=1S/C14H19NO2/c1-9(2)12-10(14(15)5-6-14)3-4-11-13(12)17-8-7-16-11/h3-4,9H,5-8,15H2,1-2H3. The second kappa shape index (κ2) is 3.64. The quantitative estimate of drug-likeness (QED) is 0.853. The van der Waals surface area contributed by atoms with Crippen molar-refractivity contribution in [1.82, 2.24) is 0 Å². The Bertz CT molecular complexity index is 450. The van der Waals surface area contributed by atoms with E-state index < -0.39 is 0 Å². The molecule has 1 aromatic carbocycles. The third-order valence-electron chi connectivity index (χ3n) is 3.65. The highest BCUT2D eigenvalue weighted by molar-refractivity contribution is 5.56. The van der Waals surface area contributed by atoms with Gasteiger partial charge in [0.2, 0.25) is 0 Å². The molecule has 1 aromatic rings. The summed E-state index contributed by atoms with van der Waals surface area (Å²) < 4.78 is 11.4. The minimum Gasteiger partial charge on any atom is -0.486 e. The van der Waals surface area contributed by atoms with Gasteiger partial charge in [0.05, 0.1) is 0 Å². The van der Waals surface area contributed by atoms with E-state index in [1.807, 2.05) is 6.07 Å². The summed E-state index contributed by atoms with van der Waals surface area (Å²) in [6.45, 7) is 5.64. The average Bonchev–Trinajstić information content (AvgIpc) is 3.06. The van der Waals surface area contributed by atoms with Gasteiger partial charge in [-0.3, -0.25) is 0 Å². The van der Waals surface area contributed by atoms with Gasteiger partial charge >= 0.3 is 0 Å². The molecule has 17 heavy (non-hydrogen) atoms. The van der Waals surface area contributed by atoms with Crippen LogP contribution in [0.5, 0.6) is 11.5 Å². The lowest BCUT2D eigenvalue weighted by molar-refractivity contribution is 0.169. The zero-order chi connectivity index (χ0) is 12.0. The fourth-order valence-corrected chi connectivity index (χ4v) is 2.55. The Morgan fingerprint density at radius 1 is 1.18 bits per heavy atom. The van der Waals surface area contributed by atoms with Crippen LogP contribution in [0.4, 0.5) is 0 Å². The molecule has 0 saturated heterocycles. The van der Waals surface area contributed by atoms with Gasteiger partial charge < -0.3 is 15.2 Å². The number of ether oxygens (including phenoxy) is 2. The van der Waals surface area contributed by atoms with Gasteiger partial charge in [0, 0.05) is 11.1 Å². The summed E-state index contributed by atoms with van der Waals surface area (Å²) >= 11 is 0. The van der Waals surface area contributed by atoms with Crippen LogP contribution in [0.3, 0.4) is 0 Å². The predicted octanol–water partition coefficient (Wildman–Crippen LogP) is 2.53. The van der Waals surface area contributed by atoms with E-state index >= 15 is 0 Å². The number of nitrogens with two attached hydrogens (primary N) is 1. The predicted molar refractivity (Wildman–Crippen MR) is 66.6 cm³/mol. The summed E-state index contributed by atoms with van der Waals surface area (Å²) in [5, 5.41) is 0. The van der Waals surface area contributed by atoms with E-state index in [0.29, 0.717) is 19.1 Å². The van der Waals surface area contributed by atoms with E-state index in [9.17, 15) is 0 Å². The monoisotopic (exact) mass is 233 g/mol. The third-order valence-corrected chi connectivity index (χ3v) is 3.65. The van der Waals surface area contributed by atoms with Gasteiger partial charge in [0.25, 0.3) is 0 Å². The fourth-order valence-electron chi connectivity index (χ4n) is 2.55. The zero-order valence-electron chi connectivity index (χ0n) is 10.5. The Balaban J connectivity index is 2.16. The summed E-state index contributed by atoms with van der Waals surface area (Å²) in [7, 11) is 0. The van der Waals surface area contributed by atoms with Gasteiger partial charge in [-0.25, -0.2) is 0 Å². The Morgan fingerprint density at radius 3 is 2.53 bits per heavy atom. The molecular formula is C14H19NO2. The molecule has 1 fully saturated rings. The molecule has 0 aromatic heterocycles. The van der Waals surface area contributed by atoms with Crippen molar-refractivity contribution >= 4 is 0 Å². The van der Waals surface area contributed by atoms with Crippen molar-refractivity contribution in [2.75, 3.05) is 13.2 Å². The van der Waals surface area contributed by atoms with E-state index in [2.05, 4.69) is 19.9 Å². The van der Waals surface area contributed by atoms with Crippen LogP contribution in [-0.2, 0) is 5.54 Å². The summed E-state index contributed by atoms with van der Waals surface area (Å²) in [5.41, 5.74) is 8.71. The molecular weight excluding hydrogens is 214 g/mol. The van der Waals surface area contributed by atoms with Crippen molar-refractivity contribution in [2.45, 2.75) is 38.1 Å². The minimum atomic E-state index is -0.116. The van der Waals surface area contributed by atoms with Crippen LogP contribution in [0.25, 0.3) is 0 Å². The maximum Gasteiger partial charge on any atom is 0.165 e. The van der Waals surface area contributed by atoms with E-state index in [1.54, 1.807) is 0 Å². The molecule has 1 saturated carbocycles. The highest BCUT2D eigenvalue weighted by Gasteiger charge is 2.43. The number of rotatable bonds is 2. The smallest absolute Gasteiger partial charge is 0.165 e. The first kappa shape index (κ1) is 10.9. The number of hydrogen-bond donors (Lipinski definition) is 1. The van der Waals surface area contributed by atoms with E-state index in [1.165, 1.54) is 11.1 Å². The molecule has 0 amide bonds. The number of hydrogen-bond acceptors (Lipinski definition) is 3. The highest BCUT2D eigenvalue weighted by Crippen LogP contribution is 2.50. The topological polar surface area (TPSA) is 44.5 Å². The lowest BCUT2D eigenvalue weighted by Crippen LogP contribution is -2.24. The molecule has 2 aliphatic rings. The summed E-state index contributed by atoms with van der Waals surface area (Å²) in [5.74, 6) is 2.19. The molecule has 0 radical (unpaired) electrons. The van der Waals surface area contributed by atoms with E-state index in [-0.39, 0.29) is 5.54 Å². The summed E-state index contributed by atoms with van der Waals surface area (Å²) in [4.78, 5) is 0. The van der Waals surface area contributed by atoms with Crippen LogP contribution in [0, 0.1) is 0 Å². The lowest BCUT2D eigenvalue weighted by Gasteiger charge is -2.26. The molecule has 92 valence electrons. The average molecular weight is 233 g/mol. The first-order valence-corrected chi connectivity index (χ1v) is 6.34. The normalized spacial score (nSPS) is 20.5. The SMILES string of the molecule is CC(C)c1c(C2(N)CC2)ccc2c1OCCO2. The second-order valence-electron chi connectivity index (χ2n) is 5.36. The summed E-state index contributed by atoms with van der Waals surface area (Å²) in [6, 6.07) is 4.12. The van der Waals surface area contributed by atoms with E-state index in [4.69, 9.17) is 15.2 Å². The number of fused-ring (bicyclic) bond motifs is 1. The summed E-state index contributed by atoms with van der Waals surface area (Å²) in [6.07, 6.45) is 2.15. The Labute approximate surface area is 102 Å². The van der Waals surface area contributed by atoms with Crippen molar-refractivity contribution in [3.63, 3.8) is 0 Å². The third kappa shape index (κ3) is 1.69. The first-order chi connectivity index (χ1) is 8.12. The molecule has 3 rings (SSSR count).